The highest BCUT2D eigenvalue weighted by Gasteiger charge is 2.08. The van der Waals surface area contributed by atoms with Crippen molar-refractivity contribution in [3.63, 3.8) is 0 Å². The van der Waals surface area contributed by atoms with Crippen LogP contribution in [0.3, 0.4) is 0 Å². The van der Waals surface area contributed by atoms with Crippen molar-refractivity contribution in [2.45, 2.75) is 40.5 Å². The zero-order valence-electron chi connectivity index (χ0n) is 10.3. The molecular formula is C12H18N4. The van der Waals surface area contributed by atoms with Crippen molar-refractivity contribution in [1.82, 2.24) is 19.9 Å². The molecule has 2 heterocycles. The zero-order chi connectivity index (χ0) is 11.7. The van der Waals surface area contributed by atoms with E-state index in [1.807, 2.05) is 13.8 Å². The van der Waals surface area contributed by atoms with E-state index in [0.717, 1.165) is 35.9 Å². The largest absolute Gasteiger partial charge is 0.346 e. The van der Waals surface area contributed by atoms with E-state index in [4.69, 9.17) is 0 Å². The minimum absolute atomic E-state index is 0.946. The van der Waals surface area contributed by atoms with Crippen LogP contribution in [0.15, 0.2) is 0 Å². The highest BCUT2D eigenvalue weighted by molar-refractivity contribution is 5.17. The van der Waals surface area contributed by atoms with Crippen LogP contribution in [0.5, 0.6) is 0 Å². The maximum atomic E-state index is 4.47. The number of aromatic amines is 2. The molecule has 0 saturated carbocycles. The van der Waals surface area contributed by atoms with Crippen LogP contribution in [0.25, 0.3) is 0 Å². The number of aromatic nitrogens is 4. The van der Waals surface area contributed by atoms with E-state index in [-0.39, 0.29) is 0 Å². The Hall–Kier alpha value is -1.58. The molecule has 2 N–H and O–H groups in total. The second kappa shape index (κ2) is 4.12. The molecule has 0 bridgehead atoms. The Kier molecular flexibility index (Phi) is 2.81. The van der Waals surface area contributed by atoms with Crippen LogP contribution < -0.4 is 0 Å². The fraction of sp³-hybridized carbons (Fsp3) is 0.500. The normalized spacial score (nSPS) is 11.0. The van der Waals surface area contributed by atoms with Gasteiger partial charge in [0.05, 0.1) is 11.4 Å². The summed E-state index contributed by atoms with van der Waals surface area (Å²) >= 11 is 0. The molecule has 4 nitrogen and oxygen atoms in total. The number of nitrogens with one attached hydrogen (secondary N) is 2. The van der Waals surface area contributed by atoms with E-state index in [1.54, 1.807) is 0 Å². The van der Waals surface area contributed by atoms with Crippen molar-refractivity contribution in [1.29, 1.82) is 0 Å². The van der Waals surface area contributed by atoms with E-state index < -0.39 is 0 Å². The van der Waals surface area contributed by atoms with E-state index in [9.17, 15) is 0 Å². The molecule has 0 aromatic carbocycles. The topological polar surface area (TPSA) is 57.4 Å². The molecule has 0 aliphatic carbocycles. The van der Waals surface area contributed by atoms with Crippen LogP contribution in [0.4, 0.5) is 0 Å². The van der Waals surface area contributed by atoms with Gasteiger partial charge in [-0.3, -0.25) is 0 Å². The molecule has 0 fully saturated rings. The van der Waals surface area contributed by atoms with Crippen LogP contribution in [0.2, 0.25) is 0 Å². The Morgan fingerprint density at radius 1 is 0.750 bits per heavy atom. The van der Waals surface area contributed by atoms with Gasteiger partial charge in [0.2, 0.25) is 0 Å². The molecular weight excluding hydrogens is 200 g/mol. The van der Waals surface area contributed by atoms with Gasteiger partial charge in [-0.2, -0.15) is 0 Å². The molecule has 0 aliphatic rings. The minimum atomic E-state index is 0.946. The Morgan fingerprint density at radius 2 is 1.12 bits per heavy atom. The van der Waals surface area contributed by atoms with Gasteiger partial charge in [0, 0.05) is 11.4 Å². The predicted octanol–water partition coefficient (Wildman–Crippen LogP) is 2.15. The SMILES string of the molecule is Cc1nc(CCc2nc(C)[nH]c2C)c(C)[nH]1. The van der Waals surface area contributed by atoms with E-state index in [0.29, 0.717) is 0 Å². The number of H-pyrrole nitrogens is 2. The lowest BCUT2D eigenvalue weighted by atomic mass is 10.1. The van der Waals surface area contributed by atoms with Crippen molar-refractivity contribution in [2.75, 3.05) is 0 Å². The maximum absolute atomic E-state index is 4.47. The van der Waals surface area contributed by atoms with E-state index in [2.05, 4.69) is 33.8 Å². The number of aryl methyl sites for hydroxylation is 6. The van der Waals surface area contributed by atoms with Gasteiger partial charge >= 0.3 is 0 Å². The third kappa shape index (κ3) is 2.15. The highest BCUT2D eigenvalue weighted by Crippen LogP contribution is 2.11. The monoisotopic (exact) mass is 218 g/mol. The van der Waals surface area contributed by atoms with Gasteiger partial charge in [0.15, 0.2) is 0 Å². The van der Waals surface area contributed by atoms with Crippen molar-refractivity contribution in [3.8, 4) is 0 Å². The number of hydrogen-bond donors (Lipinski definition) is 2. The first-order valence-corrected chi connectivity index (χ1v) is 5.60. The summed E-state index contributed by atoms with van der Waals surface area (Å²) in [6.07, 6.45) is 1.89. The summed E-state index contributed by atoms with van der Waals surface area (Å²) < 4.78 is 0. The lowest BCUT2D eigenvalue weighted by Crippen LogP contribution is -1.96. The van der Waals surface area contributed by atoms with Crippen LogP contribution >= 0.6 is 0 Å². The molecule has 0 amide bonds. The summed E-state index contributed by atoms with van der Waals surface area (Å²) in [5.41, 5.74) is 4.64. The molecule has 0 radical (unpaired) electrons. The zero-order valence-corrected chi connectivity index (χ0v) is 10.3. The predicted molar refractivity (Wildman–Crippen MR) is 63.5 cm³/mol. The average molecular weight is 218 g/mol. The Bertz CT molecular complexity index is 447. The van der Waals surface area contributed by atoms with Gasteiger partial charge in [0.1, 0.15) is 11.6 Å². The minimum Gasteiger partial charge on any atom is -0.346 e. The third-order valence-electron chi connectivity index (χ3n) is 2.81. The maximum Gasteiger partial charge on any atom is 0.103 e. The smallest absolute Gasteiger partial charge is 0.103 e. The van der Waals surface area contributed by atoms with Crippen LogP contribution in [-0.4, -0.2) is 19.9 Å². The number of rotatable bonds is 3. The molecule has 0 atom stereocenters. The van der Waals surface area contributed by atoms with Gasteiger partial charge in [-0.25, -0.2) is 9.97 Å². The summed E-state index contributed by atoms with van der Waals surface area (Å²) in [5.74, 6) is 1.98. The van der Waals surface area contributed by atoms with Gasteiger partial charge < -0.3 is 9.97 Å². The van der Waals surface area contributed by atoms with Crippen LogP contribution in [0, 0.1) is 27.7 Å². The fourth-order valence-corrected chi connectivity index (χ4v) is 2.04. The number of hydrogen-bond acceptors (Lipinski definition) is 2. The van der Waals surface area contributed by atoms with Crippen molar-refractivity contribution >= 4 is 0 Å². The molecule has 0 saturated heterocycles. The van der Waals surface area contributed by atoms with Gasteiger partial charge in [-0.1, -0.05) is 0 Å². The average Bonchev–Trinajstić information content (AvgIpc) is 2.66. The summed E-state index contributed by atoms with van der Waals surface area (Å²) in [7, 11) is 0. The molecule has 2 rings (SSSR count). The van der Waals surface area contributed by atoms with Gasteiger partial charge in [-0.05, 0) is 40.5 Å². The first-order chi connectivity index (χ1) is 7.56. The summed E-state index contributed by atoms with van der Waals surface area (Å²) in [6, 6.07) is 0. The number of imidazole rings is 2. The third-order valence-corrected chi connectivity index (χ3v) is 2.81. The van der Waals surface area contributed by atoms with Gasteiger partial charge in [0.25, 0.3) is 0 Å². The molecule has 86 valence electrons. The highest BCUT2D eigenvalue weighted by atomic mass is 14.9. The molecule has 2 aromatic rings. The summed E-state index contributed by atoms with van der Waals surface area (Å²) in [4.78, 5) is 15.4. The summed E-state index contributed by atoms with van der Waals surface area (Å²) in [6.45, 7) is 8.11. The Morgan fingerprint density at radius 3 is 1.38 bits per heavy atom. The molecule has 4 heteroatoms. The fourth-order valence-electron chi connectivity index (χ4n) is 2.04. The molecule has 0 aliphatic heterocycles. The number of nitrogens with zero attached hydrogens (tertiary/aromatic N) is 2. The second-order valence-corrected chi connectivity index (χ2v) is 4.29. The quantitative estimate of drug-likeness (QED) is 0.829. The Balaban J connectivity index is 2.07. The van der Waals surface area contributed by atoms with Gasteiger partial charge in [-0.15, -0.1) is 0 Å². The van der Waals surface area contributed by atoms with Crippen LogP contribution in [0.1, 0.15) is 34.4 Å². The molecule has 0 unspecified atom stereocenters. The summed E-state index contributed by atoms with van der Waals surface area (Å²) in [5, 5.41) is 0. The second-order valence-electron chi connectivity index (χ2n) is 4.29. The first kappa shape index (κ1) is 10.9. The standard InChI is InChI=1S/C12H18N4/c1-7-11(15-9(3)13-7)5-6-12-8(2)14-10(4)16-12/h5-6H2,1-4H3,(H,13,15)(H,14,16). The van der Waals surface area contributed by atoms with Crippen LogP contribution in [-0.2, 0) is 12.8 Å². The van der Waals surface area contributed by atoms with Crippen molar-refractivity contribution < 1.29 is 0 Å². The first-order valence-electron chi connectivity index (χ1n) is 5.60. The molecule has 0 spiro atoms. The van der Waals surface area contributed by atoms with Crippen molar-refractivity contribution in [3.05, 3.63) is 34.4 Å². The lowest BCUT2D eigenvalue weighted by molar-refractivity contribution is 0.875. The van der Waals surface area contributed by atoms with E-state index >= 15 is 0 Å². The molecule has 2 aromatic heterocycles. The lowest BCUT2D eigenvalue weighted by Gasteiger charge is -1.97. The van der Waals surface area contributed by atoms with E-state index in [1.165, 1.54) is 11.4 Å². The Labute approximate surface area is 95.5 Å². The van der Waals surface area contributed by atoms with Crippen molar-refractivity contribution in [2.24, 2.45) is 0 Å². The molecule has 16 heavy (non-hydrogen) atoms.